The van der Waals surface area contributed by atoms with Crippen LogP contribution in [0.3, 0.4) is 0 Å². The second-order valence-electron chi connectivity index (χ2n) is 4.64. The van der Waals surface area contributed by atoms with E-state index in [0.717, 1.165) is 18.4 Å². The highest BCUT2D eigenvalue weighted by Gasteiger charge is 2.18. The van der Waals surface area contributed by atoms with Crippen molar-refractivity contribution in [2.45, 2.75) is 32.7 Å². The van der Waals surface area contributed by atoms with Crippen LogP contribution in [0, 0.1) is 5.92 Å². The molecule has 17 heavy (non-hydrogen) atoms. The predicted octanol–water partition coefficient (Wildman–Crippen LogP) is 2.07. The van der Waals surface area contributed by atoms with Gasteiger partial charge in [0.2, 0.25) is 0 Å². The summed E-state index contributed by atoms with van der Waals surface area (Å²) in [7, 11) is 0. The second kappa shape index (κ2) is 5.68. The molecular formula is C13H19NO3. The molecule has 1 rings (SSSR count). The Morgan fingerprint density at radius 3 is 2.59 bits per heavy atom. The number of carboxylic acids is 1. The number of carboxylic acid groups (broad SMARTS) is 1. The van der Waals surface area contributed by atoms with Gasteiger partial charge in [-0.2, -0.15) is 0 Å². The molecule has 1 atom stereocenters. The van der Waals surface area contributed by atoms with Gasteiger partial charge < -0.3 is 15.9 Å². The summed E-state index contributed by atoms with van der Waals surface area (Å²) in [5, 5.41) is 18.4. The third-order valence-electron chi connectivity index (χ3n) is 2.70. The van der Waals surface area contributed by atoms with Gasteiger partial charge in [0.05, 0.1) is 0 Å². The van der Waals surface area contributed by atoms with Crippen molar-refractivity contribution in [3.8, 4) is 5.75 Å². The highest BCUT2D eigenvalue weighted by atomic mass is 16.4. The SMILES string of the molecule is CC(C)CCc1ccc(O)c([C@H](N)C(=O)O)c1. The molecule has 0 saturated heterocycles. The van der Waals surface area contributed by atoms with Crippen molar-refractivity contribution in [2.24, 2.45) is 11.7 Å². The quantitative estimate of drug-likeness (QED) is 0.732. The number of phenolic OH excluding ortho intramolecular Hbond substituents is 1. The third kappa shape index (κ3) is 3.75. The van der Waals surface area contributed by atoms with E-state index in [1.807, 2.05) is 0 Å². The molecule has 0 aliphatic heterocycles. The number of phenols is 1. The average molecular weight is 237 g/mol. The van der Waals surface area contributed by atoms with Gasteiger partial charge in [0.1, 0.15) is 11.8 Å². The summed E-state index contributed by atoms with van der Waals surface area (Å²) >= 11 is 0. The van der Waals surface area contributed by atoms with Crippen molar-refractivity contribution < 1.29 is 15.0 Å². The molecule has 0 unspecified atom stereocenters. The van der Waals surface area contributed by atoms with Crippen LogP contribution in [0.4, 0.5) is 0 Å². The van der Waals surface area contributed by atoms with E-state index in [4.69, 9.17) is 10.8 Å². The molecule has 1 aromatic carbocycles. The first-order chi connectivity index (χ1) is 7.91. The van der Waals surface area contributed by atoms with Crippen LogP contribution in [0.25, 0.3) is 0 Å². The number of hydrogen-bond acceptors (Lipinski definition) is 3. The van der Waals surface area contributed by atoms with E-state index >= 15 is 0 Å². The van der Waals surface area contributed by atoms with E-state index in [1.54, 1.807) is 12.1 Å². The molecule has 0 spiro atoms. The van der Waals surface area contributed by atoms with Gasteiger partial charge in [-0.1, -0.05) is 19.9 Å². The number of carbonyl (C=O) groups is 1. The van der Waals surface area contributed by atoms with Crippen molar-refractivity contribution in [2.75, 3.05) is 0 Å². The minimum atomic E-state index is -1.17. The van der Waals surface area contributed by atoms with Crippen LogP contribution in [-0.4, -0.2) is 16.2 Å². The molecule has 0 aromatic heterocycles. The van der Waals surface area contributed by atoms with E-state index in [2.05, 4.69) is 13.8 Å². The zero-order valence-corrected chi connectivity index (χ0v) is 10.2. The molecule has 1 aromatic rings. The molecule has 0 fully saturated rings. The number of benzene rings is 1. The zero-order chi connectivity index (χ0) is 13.0. The molecule has 0 amide bonds. The maximum atomic E-state index is 10.8. The lowest BCUT2D eigenvalue weighted by molar-refractivity contribution is -0.138. The predicted molar refractivity (Wildman–Crippen MR) is 65.8 cm³/mol. The topological polar surface area (TPSA) is 83.5 Å². The van der Waals surface area contributed by atoms with E-state index in [9.17, 15) is 9.90 Å². The first-order valence-electron chi connectivity index (χ1n) is 5.72. The molecule has 0 bridgehead atoms. The number of aryl methyl sites for hydroxylation is 1. The van der Waals surface area contributed by atoms with Crippen molar-refractivity contribution in [3.63, 3.8) is 0 Å². The van der Waals surface area contributed by atoms with E-state index in [1.165, 1.54) is 6.07 Å². The first-order valence-corrected chi connectivity index (χ1v) is 5.72. The van der Waals surface area contributed by atoms with Crippen molar-refractivity contribution >= 4 is 5.97 Å². The Bertz CT molecular complexity index is 402. The molecule has 4 N–H and O–H groups in total. The summed E-state index contributed by atoms with van der Waals surface area (Å²) < 4.78 is 0. The molecule has 4 nitrogen and oxygen atoms in total. The normalized spacial score (nSPS) is 12.7. The minimum Gasteiger partial charge on any atom is -0.508 e. The van der Waals surface area contributed by atoms with E-state index in [0.29, 0.717) is 5.92 Å². The van der Waals surface area contributed by atoms with Gasteiger partial charge in [0, 0.05) is 5.56 Å². The first kappa shape index (κ1) is 13.5. The van der Waals surface area contributed by atoms with Crippen LogP contribution in [0.2, 0.25) is 0 Å². The maximum absolute atomic E-state index is 10.8. The van der Waals surface area contributed by atoms with Gasteiger partial charge in [-0.05, 0) is 36.5 Å². The van der Waals surface area contributed by atoms with Crippen LogP contribution in [0.5, 0.6) is 5.75 Å². The fourth-order valence-electron chi connectivity index (χ4n) is 1.60. The Morgan fingerprint density at radius 1 is 1.41 bits per heavy atom. The number of aliphatic carboxylic acids is 1. The fourth-order valence-corrected chi connectivity index (χ4v) is 1.60. The lowest BCUT2D eigenvalue weighted by atomic mass is 9.98. The molecule has 94 valence electrons. The molecule has 0 radical (unpaired) electrons. The van der Waals surface area contributed by atoms with Gasteiger partial charge in [0.25, 0.3) is 0 Å². The monoisotopic (exact) mass is 237 g/mol. The molecule has 0 saturated carbocycles. The molecule has 0 aliphatic carbocycles. The summed E-state index contributed by atoms with van der Waals surface area (Å²) in [6, 6.07) is 3.81. The standard InChI is InChI=1S/C13H19NO3/c1-8(2)3-4-9-5-6-11(15)10(7-9)12(14)13(16)17/h5-8,12,15H,3-4,14H2,1-2H3,(H,16,17)/t12-/m0/s1. The lowest BCUT2D eigenvalue weighted by Gasteiger charge is -2.12. The minimum absolute atomic E-state index is 0.0619. The van der Waals surface area contributed by atoms with Crippen molar-refractivity contribution in [3.05, 3.63) is 29.3 Å². The highest BCUT2D eigenvalue weighted by molar-refractivity contribution is 5.76. The molecule has 0 aliphatic rings. The van der Waals surface area contributed by atoms with Crippen LogP contribution in [0.15, 0.2) is 18.2 Å². The third-order valence-corrected chi connectivity index (χ3v) is 2.70. The number of aromatic hydroxyl groups is 1. The van der Waals surface area contributed by atoms with Crippen molar-refractivity contribution in [1.29, 1.82) is 0 Å². The average Bonchev–Trinajstić information content (AvgIpc) is 2.26. The highest BCUT2D eigenvalue weighted by Crippen LogP contribution is 2.25. The van der Waals surface area contributed by atoms with Gasteiger partial charge in [-0.3, -0.25) is 4.79 Å². The van der Waals surface area contributed by atoms with E-state index < -0.39 is 12.0 Å². The van der Waals surface area contributed by atoms with Gasteiger partial charge in [0.15, 0.2) is 0 Å². The number of nitrogens with two attached hydrogens (primary N) is 1. The number of hydrogen-bond donors (Lipinski definition) is 3. The fraction of sp³-hybridized carbons (Fsp3) is 0.462. The Kier molecular flexibility index (Phi) is 4.52. The summed E-state index contributed by atoms with van der Waals surface area (Å²) in [5.41, 5.74) is 6.78. The summed E-state index contributed by atoms with van der Waals surface area (Å²) in [4.78, 5) is 10.8. The van der Waals surface area contributed by atoms with Gasteiger partial charge in [-0.25, -0.2) is 0 Å². The molecule has 4 heteroatoms. The zero-order valence-electron chi connectivity index (χ0n) is 10.2. The molecule has 0 heterocycles. The van der Waals surface area contributed by atoms with Crippen LogP contribution in [-0.2, 0) is 11.2 Å². The Morgan fingerprint density at radius 2 is 2.06 bits per heavy atom. The lowest BCUT2D eigenvalue weighted by Crippen LogP contribution is -2.20. The maximum Gasteiger partial charge on any atom is 0.325 e. The van der Waals surface area contributed by atoms with Crippen LogP contribution in [0.1, 0.15) is 37.4 Å². The van der Waals surface area contributed by atoms with Gasteiger partial charge >= 0.3 is 5.97 Å². The summed E-state index contributed by atoms with van der Waals surface area (Å²) in [6.07, 6.45) is 1.88. The Balaban J connectivity index is 2.90. The van der Waals surface area contributed by atoms with Crippen molar-refractivity contribution in [1.82, 2.24) is 0 Å². The molecular weight excluding hydrogens is 218 g/mol. The smallest absolute Gasteiger partial charge is 0.325 e. The van der Waals surface area contributed by atoms with Crippen LogP contribution >= 0.6 is 0 Å². The van der Waals surface area contributed by atoms with Crippen LogP contribution < -0.4 is 5.73 Å². The Labute approximate surface area is 101 Å². The second-order valence-corrected chi connectivity index (χ2v) is 4.64. The number of rotatable bonds is 5. The summed E-state index contributed by atoms with van der Waals surface area (Å²) in [6.45, 7) is 4.26. The van der Waals surface area contributed by atoms with Gasteiger partial charge in [-0.15, -0.1) is 0 Å². The summed E-state index contributed by atoms with van der Waals surface area (Å²) in [5.74, 6) is -0.616. The largest absolute Gasteiger partial charge is 0.508 e. The Hall–Kier alpha value is -1.55. The van der Waals surface area contributed by atoms with E-state index in [-0.39, 0.29) is 11.3 Å².